The summed E-state index contributed by atoms with van der Waals surface area (Å²) >= 11 is 0. The van der Waals surface area contributed by atoms with E-state index in [0.29, 0.717) is 12.3 Å². The molecule has 130 valence electrons. The number of furan rings is 1. The second kappa shape index (κ2) is 7.39. The average Bonchev–Trinajstić information content (AvgIpc) is 3.18. The number of carbonyl (C=O) groups is 1. The van der Waals surface area contributed by atoms with Crippen molar-refractivity contribution >= 4 is 16.9 Å². The number of amides is 1. The minimum atomic E-state index is -0.0533. The number of hydrogen-bond acceptors (Lipinski definition) is 3. The zero-order valence-corrected chi connectivity index (χ0v) is 14.7. The maximum Gasteiger partial charge on any atom is 0.223 e. The first kappa shape index (κ1) is 17.0. The largest absolute Gasteiger partial charge is 0.459 e. The molecule has 24 heavy (non-hydrogen) atoms. The Bertz CT molecular complexity index is 661. The number of para-hydroxylation sites is 1. The van der Waals surface area contributed by atoms with Crippen molar-refractivity contribution in [2.45, 2.75) is 58.0 Å². The van der Waals surface area contributed by atoms with Crippen LogP contribution in [0.4, 0.5) is 0 Å². The predicted octanol–water partition coefficient (Wildman–Crippen LogP) is 4.25. The van der Waals surface area contributed by atoms with E-state index >= 15 is 0 Å². The molecule has 1 aromatic heterocycles. The van der Waals surface area contributed by atoms with Crippen LogP contribution >= 0.6 is 0 Å². The zero-order chi connectivity index (χ0) is 17.1. The van der Waals surface area contributed by atoms with E-state index in [-0.39, 0.29) is 18.0 Å². The van der Waals surface area contributed by atoms with E-state index in [9.17, 15) is 4.79 Å². The highest BCUT2D eigenvalue weighted by atomic mass is 16.3. The summed E-state index contributed by atoms with van der Waals surface area (Å²) in [5, 5.41) is 1.08. The second-order valence-electron chi connectivity index (χ2n) is 7.01. The van der Waals surface area contributed by atoms with Crippen LogP contribution in [0.3, 0.4) is 0 Å². The number of nitrogens with two attached hydrogens (primary N) is 1. The third kappa shape index (κ3) is 3.48. The molecule has 2 N–H and O–H groups in total. The molecule has 1 fully saturated rings. The van der Waals surface area contributed by atoms with Crippen LogP contribution < -0.4 is 5.73 Å². The van der Waals surface area contributed by atoms with Gasteiger partial charge in [0.1, 0.15) is 11.3 Å². The minimum absolute atomic E-state index is 0.0533. The van der Waals surface area contributed by atoms with Crippen molar-refractivity contribution in [2.75, 3.05) is 6.54 Å². The molecule has 1 aliphatic carbocycles. The standard InChI is InChI=1S/C20H28N2O2/c1-3-11-22(20(23)13-15-8-6-9-17(15)21)14(2)19-12-16-7-4-5-10-18(16)24-19/h4-5,7,10,12,14-15,17H,3,6,8-9,11,13,21H2,1-2H3/t14?,15-,17+/m0/s1. The minimum Gasteiger partial charge on any atom is -0.459 e. The first-order valence-corrected chi connectivity index (χ1v) is 9.13. The summed E-state index contributed by atoms with van der Waals surface area (Å²) in [6, 6.07) is 10.2. The lowest BCUT2D eigenvalue weighted by Crippen LogP contribution is -2.37. The van der Waals surface area contributed by atoms with Crippen LogP contribution in [0, 0.1) is 5.92 Å². The van der Waals surface area contributed by atoms with E-state index in [4.69, 9.17) is 10.2 Å². The Morgan fingerprint density at radius 2 is 2.17 bits per heavy atom. The molecule has 1 unspecified atom stereocenters. The van der Waals surface area contributed by atoms with Crippen LogP contribution in [0.5, 0.6) is 0 Å². The topological polar surface area (TPSA) is 59.5 Å². The lowest BCUT2D eigenvalue weighted by atomic mass is 9.99. The van der Waals surface area contributed by atoms with Gasteiger partial charge in [-0.15, -0.1) is 0 Å². The molecule has 4 nitrogen and oxygen atoms in total. The van der Waals surface area contributed by atoms with E-state index in [2.05, 4.69) is 19.9 Å². The van der Waals surface area contributed by atoms with Crippen LogP contribution in [0.15, 0.2) is 34.7 Å². The Labute approximate surface area is 144 Å². The average molecular weight is 328 g/mol. The number of fused-ring (bicyclic) bond motifs is 1. The summed E-state index contributed by atoms with van der Waals surface area (Å²) < 4.78 is 5.98. The van der Waals surface area contributed by atoms with Gasteiger partial charge in [0.25, 0.3) is 0 Å². The molecular weight excluding hydrogens is 300 g/mol. The van der Waals surface area contributed by atoms with Gasteiger partial charge in [-0.25, -0.2) is 0 Å². The fraction of sp³-hybridized carbons (Fsp3) is 0.550. The van der Waals surface area contributed by atoms with E-state index < -0.39 is 0 Å². The molecule has 1 heterocycles. The summed E-state index contributed by atoms with van der Waals surface area (Å²) in [4.78, 5) is 14.9. The van der Waals surface area contributed by atoms with Crippen molar-refractivity contribution in [1.29, 1.82) is 0 Å². The van der Waals surface area contributed by atoms with Crippen molar-refractivity contribution in [3.05, 3.63) is 36.1 Å². The SMILES string of the molecule is CCCN(C(=O)C[C@@H]1CCC[C@H]1N)C(C)c1cc2ccccc2o1. The fourth-order valence-corrected chi connectivity index (χ4v) is 3.80. The zero-order valence-electron chi connectivity index (χ0n) is 14.7. The van der Waals surface area contributed by atoms with Crippen molar-refractivity contribution in [1.82, 2.24) is 4.90 Å². The monoisotopic (exact) mass is 328 g/mol. The first-order chi connectivity index (χ1) is 11.6. The fourth-order valence-electron chi connectivity index (χ4n) is 3.80. The molecule has 3 rings (SSSR count). The Morgan fingerprint density at radius 3 is 2.83 bits per heavy atom. The van der Waals surface area contributed by atoms with Gasteiger partial charge in [0.05, 0.1) is 6.04 Å². The Hall–Kier alpha value is -1.81. The van der Waals surface area contributed by atoms with E-state index in [1.54, 1.807) is 0 Å². The summed E-state index contributed by atoms with van der Waals surface area (Å²) in [6.07, 6.45) is 4.77. The normalized spacial score (nSPS) is 22.0. The molecule has 1 amide bonds. The first-order valence-electron chi connectivity index (χ1n) is 9.13. The van der Waals surface area contributed by atoms with Gasteiger partial charge in [-0.1, -0.05) is 31.5 Å². The van der Waals surface area contributed by atoms with Crippen LogP contribution in [0.1, 0.15) is 57.8 Å². The maximum absolute atomic E-state index is 12.9. The number of carbonyl (C=O) groups excluding carboxylic acids is 1. The quantitative estimate of drug-likeness (QED) is 0.862. The highest BCUT2D eigenvalue weighted by molar-refractivity contribution is 5.79. The van der Waals surface area contributed by atoms with Gasteiger partial charge in [-0.05, 0) is 44.2 Å². The maximum atomic E-state index is 12.9. The molecule has 0 bridgehead atoms. The molecular formula is C20H28N2O2. The third-order valence-electron chi connectivity index (χ3n) is 5.26. The smallest absolute Gasteiger partial charge is 0.223 e. The van der Waals surface area contributed by atoms with Gasteiger partial charge in [-0.3, -0.25) is 4.79 Å². The van der Waals surface area contributed by atoms with E-state index in [1.807, 2.05) is 29.2 Å². The molecule has 0 spiro atoms. The Kier molecular flexibility index (Phi) is 5.24. The molecule has 0 aliphatic heterocycles. The van der Waals surface area contributed by atoms with Crippen molar-refractivity contribution in [3.63, 3.8) is 0 Å². The summed E-state index contributed by atoms with van der Waals surface area (Å²) in [5.41, 5.74) is 7.03. The number of benzene rings is 1. The molecule has 1 aliphatic rings. The van der Waals surface area contributed by atoms with Crippen LogP contribution in [0.2, 0.25) is 0 Å². The molecule has 1 aromatic carbocycles. The van der Waals surface area contributed by atoms with Crippen LogP contribution in [-0.4, -0.2) is 23.4 Å². The van der Waals surface area contributed by atoms with E-state index in [0.717, 1.165) is 49.0 Å². The van der Waals surface area contributed by atoms with Gasteiger partial charge in [0.2, 0.25) is 5.91 Å². The van der Waals surface area contributed by atoms with Gasteiger partial charge in [-0.2, -0.15) is 0 Å². The van der Waals surface area contributed by atoms with E-state index in [1.165, 1.54) is 0 Å². The highest BCUT2D eigenvalue weighted by Crippen LogP contribution is 2.31. The molecule has 4 heteroatoms. The predicted molar refractivity (Wildman–Crippen MR) is 96.6 cm³/mol. The number of hydrogen-bond donors (Lipinski definition) is 1. The van der Waals surface area contributed by atoms with Crippen molar-refractivity contribution in [2.24, 2.45) is 11.7 Å². The molecule has 3 atom stereocenters. The van der Waals surface area contributed by atoms with Crippen LogP contribution in [-0.2, 0) is 4.79 Å². The third-order valence-corrected chi connectivity index (χ3v) is 5.26. The lowest BCUT2D eigenvalue weighted by molar-refractivity contribution is -0.134. The summed E-state index contributed by atoms with van der Waals surface area (Å²) in [7, 11) is 0. The van der Waals surface area contributed by atoms with Crippen molar-refractivity contribution < 1.29 is 9.21 Å². The second-order valence-corrected chi connectivity index (χ2v) is 7.01. The van der Waals surface area contributed by atoms with Crippen LogP contribution in [0.25, 0.3) is 11.0 Å². The Balaban J connectivity index is 1.76. The highest BCUT2D eigenvalue weighted by Gasteiger charge is 2.30. The summed E-state index contributed by atoms with van der Waals surface area (Å²) in [6.45, 7) is 4.91. The lowest BCUT2D eigenvalue weighted by Gasteiger charge is -2.29. The van der Waals surface area contributed by atoms with Gasteiger partial charge in [0.15, 0.2) is 0 Å². The van der Waals surface area contributed by atoms with Gasteiger partial charge in [0, 0.05) is 24.4 Å². The van der Waals surface area contributed by atoms with Gasteiger partial charge >= 0.3 is 0 Å². The van der Waals surface area contributed by atoms with Gasteiger partial charge < -0.3 is 15.1 Å². The Morgan fingerprint density at radius 1 is 1.38 bits per heavy atom. The number of rotatable bonds is 6. The molecule has 0 radical (unpaired) electrons. The molecule has 1 saturated carbocycles. The van der Waals surface area contributed by atoms with Crippen molar-refractivity contribution in [3.8, 4) is 0 Å². The number of nitrogens with zero attached hydrogens (tertiary/aromatic N) is 1. The molecule has 2 aromatic rings. The molecule has 0 saturated heterocycles. The summed E-state index contributed by atoms with van der Waals surface area (Å²) in [5.74, 6) is 1.39.